The Hall–Kier alpha value is -1.10. The van der Waals surface area contributed by atoms with E-state index in [0.717, 1.165) is 32.1 Å². The molecule has 0 aromatic rings. The fourth-order valence-corrected chi connectivity index (χ4v) is 3.21. The highest BCUT2D eigenvalue weighted by atomic mass is 16.5. The Morgan fingerprint density at radius 1 is 1.33 bits per heavy atom. The van der Waals surface area contributed by atoms with Crippen LogP contribution in [-0.2, 0) is 14.3 Å². The fraction of sp³-hybridized carbons (Fsp3) is 0.875. The van der Waals surface area contributed by atoms with Crippen LogP contribution in [0.15, 0.2) is 0 Å². The summed E-state index contributed by atoms with van der Waals surface area (Å²) >= 11 is 0. The van der Waals surface area contributed by atoms with Crippen molar-refractivity contribution in [3.05, 3.63) is 0 Å². The maximum atomic E-state index is 12.9. The third kappa shape index (κ3) is 3.39. The highest BCUT2D eigenvalue weighted by Crippen LogP contribution is 2.42. The first-order chi connectivity index (χ1) is 10.0. The van der Waals surface area contributed by atoms with Crippen LogP contribution in [0.1, 0.15) is 52.9 Å². The summed E-state index contributed by atoms with van der Waals surface area (Å²) in [5.41, 5.74) is -0.688. The summed E-state index contributed by atoms with van der Waals surface area (Å²) in [6, 6.07) is -0.309. The summed E-state index contributed by atoms with van der Waals surface area (Å²) in [5, 5.41) is 3.01. The second kappa shape index (κ2) is 6.77. The fourth-order valence-electron chi connectivity index (χ4n) is 3.21. The van der Waals surface area contributed by atoms with Crippen LogP contribution < -0.4 is 5.32 Å². The molecule has 0 aromatic heterocycles. The standard InChI is InChI=1S/C16H28N2O3/c1-4-7-13-14(19)17-16(3,12-8-9-12)15(20)18(13)10-6-11-21-5-2/h12-13H,4-11H2,1-3H3,(H,17,19). The maximum absolute atomic E-state index is 12.9. The van der Waals surface area contributed by atoms with Crippen LogP contribution in [-0.4, -0.2) is 48.1 Å². The zero-order chi connectivity index (χ0) is 15.5. The van der Waals surface area contributed by atoms with Gasteiger partial charge in [-0.2, -0.15) is 0 Å². The minimum atomic E-state index is -0.688. The van der Waals surface area contributed by atoms with Crippen molar-refractivity contribution < 1.29 is 14.3 Å². The van der Waals surface area contributed by atoms with E-state index in [0.29, 0.717) is 25.7 Å². The first-order valence-corrected chi connectivity index (χ1v) is 8.25. The molecule has 2 fully saturated rings. The lowest BCUT2D eigenvalue weighted by Gasteiger charge is -2.45. The Balaban J connectivity index is 2.08. The molecule has 0 aromatic carbocycles. The molecule has 1 saturated heterocycles. The molecule has 1 aliphatic carbocycles. The first-order valence-electron chi connectivity index (χ1n) is 8.25. The average molecular weight is 296 g/mol. The summed E-state index contributed by atoms with van der Waals surface area (Å²) < 4.78 is 5.36. The molecule has 2 amide bonds. The second-order valence-corrected chi connectivity index (χ2v) is 6.32. The van der Waals surface area contributed by atoms with Crippen molar-refractivity contribution in [1.82, 2.24) is 10.2 Å². The molecule has 0 spiro atoms. The van der Waals surface area contributed by atoms with Crippen LogP contribution in [0.5, 0.6) is 0 Å². The van der Waals surface area contributed by atoms with Gasteiger partial charge >= 0.3 is 0 Å². The topological polar surface area (TPSA) is 58.6 Å². The number of rotatable bonds is 8. The van der Waals surface area contributed by atoms with E-state index < -0.39 is 5.54 Å². The average Bonchev–Trinajstić information content (AvgIpc) is 3.28. The van der Waals surface area contributed by atoms with Gasteiger partial charge in [-0.1, -0.05) is 13.3 Å². The van der Waals surface area contributed by atoms with E-state index >= 15 is 0 Å². The SMILES string of the molecule is CCCC1C(=O)NC(C)(C2CC2)C(=O)N1CCCOCC. The van der Waals surface area contributed by atoms with Gasteiger partial charge in [0, 0.05) is 19.8 Å². The highest BCUT2D eigenvalue weighted by molar-refractivity contribution is 6.00. The Kier molecular flexibility index (Phi) is 5.25. The Bertz CT molecular complexity index is 395. The van der Waals surface area contributed by atoms with Gasteiger partial charge in [-0.25, -0.2) is 0 Å². The number of nitrogens with one attached hydrogen (secondary N) is 1. The zero-order valence-corrected chi connectivity index (χ0v) is 13.5. The van der Waals surface area contributed by atoms with E-state index in [1.54, 1.807) is 4.90 Å². The highest BCUT2D eigenvalue weighted by Gasteiger charge is 2.54. The molecular formula is C16H28N2O3. The van der Waals surface area contributed by atoms with E-state index in [1.165, 1.54) is 0 Å². The van der Waals surface area contributed by atoms with Crippen molar-refractivity contribution >= 4 is 11.8 Å². The number of carbonyl (C=O) groups is 2. The molecule has 120 valence electrons. The van der Waals surface area contributed by atoms with Gasteiger partial charge in [0.2, 0.25) is 11.8 Å². The van der Waals surface area contributed by atoms with E-state index in [4.69, 9.17) is 4.74 Å². The number of amides is 2. The minimum Gasteiger partial charge on any atom is -0.382 e. The third-order valence-corrected chi connectivity index (χ3v) is 4.61. The van der Waals surface area contributed by atoms with Crippen molar-refractivity contribution in [2.75, 3.05) is 19.8 Å². The molecule has 21 heavy (non-hydrogen) atoms. The molecular weight excluding hydrogens is 268 g/mol. The van der Waals surface area contributed by atoms with E-state index in [9.17, 15) is 9.59 Å². The van der Waals surface area contributed by atoms with E-state index in [-0.39, 0.29) is 17.9 Å². The van der Waals surface area contributed by atoms with Crippen LogP contribution in [0.4, 0.5) is 0 Å². The summed E-state index contributed by atoms with van der Waals surface area (Å²) in [6.45, 7) is 7.84. The predicted octanol–water partition coefficient (Wildman–Crippen LogP) is 1.71. The van der Waals surface area contributed by atoms with Crippen molar-refractivity contribution in [1.29, 1.82) is 0 Å². The molecule has 1 heterocycles. The number of hydrogen-bond acceptors (Lipinski definition) is 3. The smallest absolute Gasteiger partial charge is 0.249 e. The monoisotopic (exact) mass is 296 g/mol. The van der Waals surface area contributed by atoms with Crippen LogP contribution >= 0.6 is 0 Å². The van der Waals surface area contributed by atoms with E-state index in [1.807, 2.05) is 20.8 Å². The lowest BCUT2D eigenvalue weighted by molar-refractivity contribution is -0.155. The van der Waals surface area contributed by atoms with Crippen LogP contribution in [0.2, 0.25) is 0 Å². The number of nitrogens with zero attached hydrogens (tertiary/aromatic N) is 1. The molecule has 2 atom stereocenters. The predicted molar refractivity (Wildman–Crippen MR) is 80.8 cm³/mol. The summed E-state index contributed by atoms with van der Waals surface area (Å²) in [5.74, 6) is 0.424. The van der Waals surface area contributed by atoms with Gasteiger partial charge in [0.05, 0.1) is 0 Å². The summed E-state index contributed by atoms with van der Waals surface area (Å²) in [7, 11) is 0. The third-order valence-electron chi connectivity index (χ3n) is 4.61. The number of hydrogen-bond donors (Lipinski definition) is 1. The Labute approximate surface area is 127 Å². The van der Waals surface area contributed by atoms with Crippen LogP contribution in [0.3, 0.4) is 0 Å². The number of carbonyl (C=O) groups excluding carboxylic acids is 2. The van der Waals surface area contributed by atoms with Gasteiger partial charge < -0.3 is 15.0 Å². The second-order valence-electron chi connectivity index (χ2n) is 6.32. The maximum Gasteiger partial charge on any atom is 0.249 e. The van der Waals surface area contributed by atoms with Gasteiger partial charge in [-0.3, -0.25) is 9.59 Å². The van der Waals surface area contributed by atoms with Crippen molar-refractivity contribution in [3.8, 4) is 0 Å². The zero-order valence-electron chi connectivity index (χ0n) is 13.5. The van der Waals surface area contributed by atoms with Crippen molar-refractivity contribution in [2.45, 2.75) is 64.5 Å². The van der Waals surface area contributed by atoms with Crippen molar-refractivity contribution in [3.63, 3.8) is 0 Å². The molecule has 5 nitrogen and oxygen atoms in total. The lowest BCUT2D eigenvalue weighted by Crippen LogP contribution is -2.70. The van der Waals surface area contributed by atoms with E-state index in [2.05, 4.69) is 5.32 Å². The van der Waals surface area contributed by atoms with Gasteiger partial charge in [0.1, 0.15) is 11.6 Å². The van der Waals surface area contributed by atoms with Crippen molar-refractivity contribution in [2.24, 2.45) is 5.92 Å². The van der Waals surface area contributed by atoms with Gasteiger partial charge in [-0.05, 0) is 45.4 Å². The molecule has 1 N–H and O–H groups in total. The van der Waals surface area contributed by atoms with Crippen LogP contribution in [0, 0.1) is 5.92 Å². The lowest BCUT2D eigenvalue weighted by atomic mass is 9.88. The van der Waals surface area contributed by atoms with Crippen LogP contribution in [0.25, 0.3) is 0 Å². The number of piperazine rings is 1. The van der Waals surface area contributed by atoms with Gasteiger partial charge in [0.15, 0.2) is 0 Å². The quantitative estimate of drug-likeness (QED) is 0.694. The van der Waals surface area contributed by atoms with Gasteiger partial charge in [0.25, 0.3) is 0 Å². The Morgan fingerprint density at radius 2 is 2.05 bits per heavy atom. The minimum absolute atomic E-state index is 0.0160. The summed E-state index contributed by atoms with van der Waals surface area (Å²) in [4.78, 5) is 27.1. The normalized spacial score (nSPS) is 29.7. The molecule has 2 aliphatic rings. The summed E-state index contributed by atoms with van der Waals surface area (Å²) in [6.07, 6.45) is 4.48. The molecule has 5 heteroatoms. The molecule has 2 rings (SSSR count). The molecule has 2 unspecified atom stereocenters. The molecule has 1 aliphatic heterocycles. The Morgan fingerprint density at radius 3 is 2.62 bits per heavy atom. The molecule has 1 saturated carbocycles. The first kappa shape index (κ1) is 16.3. The largest absolute Gasteiger partial charge is 0.382 e. The molecule has 0 radical (unpaired) electrons. The molecule has 0 bridgehead atoms. The van der Waals surface area contributed by atoms with Gasteiger partial charge in [-0.15, -0.1) is 0 Å². The number of ether oxygens (including phenoxy) is 1.